The first-order valence-corrected chi connectivity index (χ1v) is 15.4. The van der Waals surface area contributed by atoms with Crippen molar-refractivity contribution in [3.63, 3.8) is 0 Å². The molecule has 0 bridgehead atoms. The van der Waals surface area contributed by atoms with E-state index in [0.29, 0.717) is 44.2 Å². The van der Waals surface area contributed by atoms with Crippen molar-refractivity contribution >= 4 is 11.6 Å². The van der Waals surface area contributed by atoms with Crippen LogP contribution in [0.5, 0.6) is 0 Å². The second-order valence-electron chi connectivity index (χ2n) is 12.9. The van der Waals surface area contributed by atoms with Crippen LogP contribution in [0.2, 0.25) is 0 Å². The Labute approximate surface area is 241 Å². The van der Waals surface area contributed by atoms with Gasteiger partial charge in [-0.1, -0.05) is 0 Å². The normalized spacial score (nSPS) is 36.1. The van der Waals surface area contributed by atoms with E-state index in [2.05, 4.69) is 40.0 Å². The highest BCUT2D eigenvalue weighted by Gasteiger charge is 2.47. The Morgan fingerprint density at radius 3 is 2.27 bits per heavy atom. The van der Waals surface area contributed by atoms with Crippen LogP contribution in [0.4, 0.5) is 5.69 Å². The minimum absolute atomic E-state index is 0.0504. The third kappa shape index (κ3) is 7.14. The van der Waals surface area contributed by atoms with Gasteiger partial charge in [0, 0.05) is 77.1 Å². The van der Waals surface area contributed by atoms with Crippen molar-refractivity contribution in [3.05, 3.63) is 44.8 Å². The summed E-state index contributed by atoms with van der Waals surface area (Å²) in [7, 11) is 4.08. The van der Waals surface area contributed by atoms with Crippen LogP contribution in [0.15, 0.2) is 24.5 Å². The number of fused-ring (bicyclic) bond motifs is 1. The number of likely N-dealkylation sites (tertiary alicyclic amines) is 1. The molecule has 2 heterocycles. The lowest BCUT2D eigenvalue weighted by molar-refractivity contribution is -0.671. The summed E-state index contributed by atoms with van der Waals surface area (Å²) in [6.07, 6.45) is 12.0. The maximum Gasteiger partial charge on any atom is 0.230 e. The zero-order valence-corrected chi connectivity index (χ0v) is 24.3. The van der Waals surface area contributed by atoms with Gasteiger partial charge in [-0.2, -0.15) is 0 Å². The molecular weight excluding hydrogens is 526 g/mol. The standard InChI is InChI=1S/C29H45N7O5/c1-33-14-11-21(12-15-33)30-19-3-5-20(6-4-19)32-29(37)24-9-7-22(17-28(24)36(40)41)31-26-13-16-34(2)27-10-8-23(35(38)39)18-25(26)27/h11-12,14-15,19-20,22-28,31H,3-10,13,16-18H2,1-2H3,(H,32,37)/p+1. The summed E-state index contributed by atoms with van der Waals surface area (Å²) >= 11 is 0. The zero-order chi connectivity index (χ0) is 29.1. The highest BCUT2D eigenvalue weighted by Crippen LogP contribution is 2.37. The molecule has 12 nitrogen and oxygen atoms in total. The molecule has 1 aromatic heterocycles. The molecule has 4 aliphatic rings. The van der Waals surface area contributed by atoms with Crippen molar-refractivity contribution in [1.29, 1.82) is 0 Å². The molecule has 7 unspecified atom stereocenters. The number of nitrogens with zero attached hydrogens (tertiary/aromatic N) is 4. The summed E-state index contributed by atoms with van der Waals surface area (Å²) in [6.45, 7) is 0.917. The van der Waals surface area contributed by atoms with Gasteiger partial charge >= 0.3 is 0 Å². The number of anilines is 1. The van der Waals surface area contributed by atoms with E-state index in [-0.39, 0.29) is 39.8 Å². The Balaban J connectivity index is 1.12. The average molecular weight is 573 g/mol. The van der Waals surface area contributed by atoms with Gasteiger partial charge in [0.25, 0.3) is 0 Å². The summed E-state index contributed by atoms with van der Waals surface area (Å²) < 4.78 is 1.99. The minimum atomic E-state index is -0.918. The Kier molecular flexibility index (Phi) is 9.38. The van der Waals surface area contributed by atoms with Crippen LogP contribution >= 0.6 is 0 Å². The van der Waals surface area contributed by atoms with Crippen molar-refractivity contribution in [2.24, 2.45) is 18.9 Å². The first-order valence-electron chi connectivity index (χ1n) is 15.4. The number of hydrogen-bond acceptors (Lipinski definition) is 8. The van der Waals surface area contributed by atoms with Gasteiger partial charge in [-0.15, -0.1) is 0 Å². The Morgan fingerprint density at radius 2 is 1.59 bits per heavy atom. The van der Waals surface area contributed by atoms with Crippen LogP contribution in [0.3, 0.4) is 0 Å². The van der Waals surface area contributed by atoms with Crippen molar-refractivity contribution in [2.45, 2.75) is 113 Å². The molecule has 0 aromatic carbocycles. The van der Waals surface area contributed by atoms with Crippen molar-refractivity contribution in [2.75, 3.05) is 18.9 Å². The summed E-state index contributed by atoms with van der Waals surface area (Å²) in [6, 6.07) is 3.46. The van der Waals surface area contributed by atoms with Crippen molar-refractivity contribution in [1.82, 2.24) is 15.5 Å². The van der Waals surface area contributed by atoms with E-state index >= 15 is 0 Å². The molecule has 3 aliphatic carbocycles. The summed E-state index contributed by atoms with van der Waals surface area (Å²) in [5.74, 6) is -0.636. The third-order valence-corrected chi connectivity index (χ3v) is 10.3. The highest BCUT2D eigenvalue weighted by atomic mass is 16.6. The molecule has 1 saturated heterocycles. The molecule has 7 atom stereocenters. The first kappa shape index (κ1) is 29.6. The molecule has 0 radical (unpaired) electrons. The number of aromatic nitrogens is 1. The lowest BCUT2D eigenvalue weighted by Gasteiger charge is -2.48. The predicted molar refractivity (Wildman–Crippen MR) is 153 cm³/mol. The van der Waals surface area contributed by atoms with Crippen LogP contribution in [0.1, 0.15) is 70.6 Å². The van der Waals surface area contributed by atoms with E-state index < -0.39 is 18.0 Å². The SMILES string of the molecule is CN1CCC(NC2CCC(C(=O)NC3CCC(Nc4cc[n+](C)cc4)CC3)C([N+](=O)[O-])C2)C2CC([N+](=O)[O-])CCC21. The van der Waals surface area contributed by atoms with Crippen molar-refractivity contribution < 1.29 is 19.2 Å². The van der Waals surface area contributed by atoms with Gasteiger partial charge in [0.1, 0.15) is 13.0 Å². The van der Waals surface area contributed by atoms with E-state index in [1.54, 1.807) is 0 Å². The van der Waals surface area contributed by atoms with E-state index in [0.717, 1.165) is 50.8 Å². The average Bonchev–Trinajstić information content (AvgIpc) is 2.96. The molecule has 1 amide bonds. The van der Waals surface area contributed by atoms with Gasteiger partial charge in [0.2, 0.25) is 18.0 Å². The second kappa shape index (κ2) is 13.0. The Morgan fingerprint density at radius 1 is 0.902 bits per heavy atom. The lowest BCUT2D eigenvalue weighted by atomic mass is 9.73. The van der Waals surface area contributed by atoms with Gasteiger partial charge in [0.05, 0.1) is 0 Å². The van der Waals surface area contributed by atoms with Crippen LogP contribution < -0.4 is 20.5 Å². The topological polar surface area (TPSA) is 147 Å². The monoisotopic (exact) mass is 572 g/mol. The second-order valence-corrected chi connectivity index (χ2v) is 12.9. The molecule has 41 heavy (non-hydrogen) atoms. The number of nitro groups is 2. The van der Waals surface area contributed by atoms with Crippen LogP contribution in [0, 0.1) is 32.1 Å². The molecule has 3 N–H and O–H groups in total. The fraction of sp³-hybridized carbons (Fsp3) is 0.793. The number of pyridine rings is 1. The molecule has 226 valence electrons. The quantitative estimate of drug-likeness (QED) is 0.244. The number of carbonyl (C=O) groups excluding carboxylic acids is 1. The number of aryl methyl sites for hydroxylation is 1. The summed E-state index contributed by atoms with van der Waals surface area (Å²) in [5, 5.41) is 34.1. The van der Waals surface area contributed by atoms with Gasteiger partial charge in [-0.3, -0.25) is 25.0 Å². The minimum Gasteiger partial charge on any atom is -0.382 e. The Bertz CT molecular complexity index is 1080. The largest absolute Gasteiger partial charge is 0.382 e. The lowest BCUT2D eigenvalue weighted by Crippen LogP contribution is -2.60. The van der Waals surface area contributed by atoms with Crippen LogP contribution in [-0.2, 0) is 11.8 Å². The van der Waals surface area contributed by atoms with E-state index in [1.165, 1.54) is 0 Å². The fourth-order valence-electron chi connectivity index (χ4n) is 7.93. The number of rotatable bonds is 8. The predicted octanol–water partition coefficient (Wildman–Crippen LogP) is 2.27. The van der Waals surface area contributed by atoms with Crippen molar-refractivity contribution in [3.8, 4) is 0 Å². The maximum atomic E-state index is 13.3. The molecule has 1 aromatic rings. The van der Waals surface area contributed by atoms with Crippen LogP contribution in [0.25, 0.3) is 0 Å². The smallest absolute Gasteiger partial charge is 0.230 e. The van der Waals surface area contributed by atoms with Gasteiger partial charge in [-0.25, -0.2) is 4.57 Å². The summed E-state index contributed by atoms with van der Waals surface area (Å²) in [4.78, 5) is 38.9. The number of carbonyl (C=O) groups is 1. The number of nitrogens with one attached hydrogen (secondary N) is 3. The Hall–Kier alpha value is -2.86. The van der Waals surface area contributed by atoms with Gasteiger partial charge < -0.3 is 20.9 Å². The van der Waals surface area contributed by atoms with E-state index in [9.17, 15) is 25.0 Å². The molecule has 3 saturated carbocycles. The third-order valence-electron chi connectivity index (χ3n) is 10.3. The molecule has 12 heteroatoms. The van der Waals surface area contributed by atoms with Gasteiger partial charge in [-0.05, 0) is 70.9 Å². The maximum absolute atomic E-state index is 13.3. The van der Waals surface area contributed by atoms with Gasteiger partial charge in [0.15, 0.2) is 12.4 Å². The molecule has 5 rings (SSSR count). The highest BCUT2D eigenvalue weighted by molar-refractivity contribution is 5.79. The van der Waals surface area contributed by atoms with E-state index in [1.807, 2.05) is 24.0 Å². The fourth-order valence-corrected chi connectivity index (χ4v) is 7.93. The number of amides is 1. The molecular formula is C29H46N7O5+. The summed E-state index contributed by atoms with van der Waals surface area (Å²) in [5.41, 5.74) is 1.09. The van der Waals surface area contributed by atoms with Crippen LogP contribution in [-0.4, -0.2) is 76.5 Å². The number of piperidine rings is 1. The van der Waals surface area contributed by atoms with E-state index in [4.69, 9.17) is 0 Å². The molecule has 4 fully saturated rings. The molecule has 1 aliphatic heterocycles. The zero-order valence-electron chi connectivity index (χ0n) is 24.3. The first-order chi connectivity index (χ1) is 19.7. The molecule has 0 spiro atoms. The number of hydrogen-bond donors (Lipinski definition) is 3.